The minimum atomic E-state index is 0.623. The van der Waals surface area contributed by atoms with Crippen LogP contribution in [0.5, 0.6) is 0 Å². The summed E-state index contributed by atoms with van der Waals surface area (Å²) in [4.78, 5) is 0. The van der Waals surface area contributed by atoms with Gasteiger partial charge < -0.3 is 9.88 Å². The highest BCUT2D eigenvalue weighted by atomic mass is 14.9. The lowest BCUT2D eigenvalue weighted by Gasteiger charge is -2.05. The quantitative estimate of drug-likeness (QED) is 0.790. The van der Waals surface area contributed by atoms with Crippen LogP contribution >= 0.6 is 0 Å². The number of aryl methyl sites for hydroxylation is 1. The van der Waals surface area contributed by atoms with Crippen molar-refractivity contribution in [3.8, 4) is 6.07 Å². The molecule has 3 nitrogen and oxygen atoms in total. The fraction of sp³-hybridized carbons (Fsp3) is 0.400. The van der Waals surface area contributed by atoms with Gasteiger partial charge in [0.2, 0.25) is 0 Å². The van der Waals surface area contributed by atoms with Crippen molar-refractivity contribution >= 4 is 10.9 Å². The van der Waals surface area contributed by atoms with E-state index in [0.29, 0.717) is 6.42 Å². The van der Waals surface area contributed by atoms with E-state index in [0.717, 1.165) is 26.1 Å². The van der Waals surface area contributed by atoms with E-state index in [9.17, 15) is 0 Å². The molecule has 2 aromatic rings. The Morgan fingerprint density at radius 3 is 3.00 bits per heavy atom. The Balaban J connectivity index is 2.13. The maximum Gasteiger partial charge on any atom is 0.0622 e. The number of unbranched alkanes of at least 4 members (excludes halogenated alkanes) is 1. The summed E-state index contributed by atoms with van der Waals surface area (Å²) in [5.74, 6) is 0. The second-order valence-corrected chi connectivity index (χ2v) is 4.44. The van der Waals surface area contributed by atoms with E-state index in [-0.39, 0.29) is 0 Å². The average molecular weight is 241 g/mol. The highest BCUT2D eigenvalue weighted by molar-refractivity contribution is 5.80. The first-order valence-corrected chi connectivity index (χ1v) is 6.50. The Kier molecular flexibility index (Phi) is 4.38. The van der Waals surface area contributed by atoms with Crippen LogP contribution in [0.3, 0.4) is 0 Å². The van der Waals surface area contributed by atoms with Crippen LogP contribution < -0.4 is 5.32 Å². The number of fused-ring (bicyclic) bond motifs is 1. The zero-order valence-electron chi connectivity index (χ0n) is 10.8. The molecule has 0 amide bonds. The van der Waals surface area contributed by atoms with Crippen LogP contribution in [0.15, 0.2) is 30.5 Å². The minimum absolute atomic E-state index is 0.623. The van der Waals surface area contributed by atoms with Crippen molar-refractivity contribution in [1.29, 1.82) is 5.26 Å². The molecule has 1 N–H and O–H groups in total. The fourth-order valence-corrected chi connectivity index (χ4v) is 2.15. The molecular weight excluding hydrogens is 222 g/mol. The molecule has 1 aromatic carbocycles. The Morgan fingerprint density at radius 2 is 2.22 bits per heavy atom. The Morgan fingerprint density at radius 1 is 1.33 bits per heavy atom. The summed E-state index contributed by atoms with van der Waals surface area (Å²) in [7, 11) is 0. The molecule has 0 aliphatic heterocycles. The molecule has 0 bridgehead atoms. The number of nitriles is 1. The highest BCUT2D eigenvalue weighted by Gasteiger charge is 2.02. The fourth-order valence-electron chi connectivity index (χ4n) is 2.15. The van der Waals surface area contributed by atoms with Gasteiger partial charge in [0.15, 0.2) is 0 Å². The molecule has 18 heavy (non-hydrogen) atoms. The van der Waals surface area contributed by atoms with Gasteiger partial charge in [-0.3, -0.25) is 0 Å². The first kappa shape index (κ1) is 12.7. The molecule has 94 valence electrons. The van der Waals surface area contributed by atoms with Crippen molar-refractivity contribution in [2.75, 3.05) is 6.54 Å². The molecule has 1 heterocycles. The molecular formula is C15H19N3. The van der Waals surface area contributed by atoms with Gasteiger partial charge in [0.05, 0.1) is 6.07 Å². The van der Waals surface area contributed by atoms with Crippen molar-refractivity contribution in [1.82, 2.24) is 9.88 Å². The number of nitrogens with one attached hydrogen (secondary N) is 1. The normalized spacial score (nSPS) is 10.7. The summed E-state index contributed by atoms with van der Waals surface area (Å²) in [5, 5.41) is 13.2. The molecule has 2 rings (SSSR count). The maximum absolute atomic E-state index is 8.56. The number of benzene rings is 1. The molecule has 0 saturated heterocycles. The smallest absolute Gasteiger partial charge is 0.0622 e. The van der Waals surface area contributed by atoms with Crippen LogP contribution in [0.2, 0.25) is 0 Å². The molecule has 0 atom stereocenters. The molecule has 3 heteroatoms. The standard InChI is InChI=1S/C15H19N3/c1-2-17-12-13-5-6-15-14(11-13)7-10-18(15)9-4-3-8-16/h5-7,10-11,17H,2-4,9,12H2,1H3. The molecule has 0 aliphatic carbocycles. The summed E-state index contributed by atoms with van der Waals surface area (Å²) in [6.07, 6.45) is 3.65. The van der Waals surface area contributed by atoms with E-state index in [1.165, 1.54) is 16.5 Å². The van der Waals surface area contributed by atoms with Gasteiger partial charge in [0.1, 0.15) is 0 Å². The number of aromatic nitrogens is 1. The van der Waals surface area contributed by atoms with Crippen molar-refractivity contribution < 1.29 is 0 Å². The number of rotatable bonds is 6. The number of hydrogen-bond donors (Lipinski definition) is 1. The SMILES string of the molecule is CCNCc1ccc2c(ccn2CCCC#N)c1. The lowest BCUT2D eigenvalue weighted by molar-refractivity contribution is 0.674. The molecule has 0 aliphatic rings. The summed E-state index contributed by atoms with van der Waals surface area (Å²) in [5.41, 5.74) is 2.58. The number of nitrogens with zero attached hydrogens (tertiary/aromatic N) is 2. The van der Waals surface area contributed by atoms with Crippen molar-refractivity contribution in [2.45, 2.75) is 32.9 Å². The van der Waals surface area contributed by atoms with Crippen LogP contribution in [0, 0.1) is 11.3 Å². The van der Waals surface area contributed by atoms with Crippen LogP contribution in [0.25, 0.3) is 10.9 Å². The van der Waals surface area contributed by atoms with Crippen molar-refractivity contribution in [3.05, 3.63) is 36.0 Å². The molecule has 0 saturated carbocycles. The summed E-state index contributed by atoms with van der Waals surface area (Å²) in [6, 6.07) is 10.9. The summed E-state index contributed by atoms with van der Waals surface area (Å²) < 4.78 is 2.23. The third-order valence-corrected chi connectivity index (χ3v) is 3.10. The summed E-state index contributed by atoms with van der Waals surface area (Å²) in [6.45, 7) is 4.95. The Bertz CT molecular complexity index is 548. The van der Waals surface area contributed by atoms with Gasteiger partial charge >= 0.3 is 0 Å². The molecule has 0 radical (unpaired) electrons. The highest BCUT2D eigenvalue weighted by Crippen LogP contribution is 2.18. The predicted octanol–water partition coefficient (Wildman–Crippen LogP) is 3.05. The van der Waals surface area contributed by atoms with Crippen molar-refractivity contribution in [3.63, 3.8) is 0 Å². The summed E-state index contributed by atoms with van der Waals surface area (Å²) >= 11 is 0. The van der Waals surface area contributed by atoms with Crippen LogP contribution in [0.1, 0.15) is 25.3 Å². The van der Waals surface area contributed by atoms with E-state index in [2.05, 4.69) is 53.3 Å². The van der Waals surface area contributed by atoms with Gasteiger partial charge in [-0.2, -0.15) is 5.26 Å². The van der Waals surface area contributed by atoms with Gasteiger partial charge in [-0.1, -0.05) is 13.0 Å². The van der Waals surface area contributed by atoms with Crippen LogP contribution in [0.4, 0.5) is 0 Å². The predicted molar refractivity (Wildman–Crippen MR) is 74.2 cm³/mol. The van der Waals surface area contributed by atoms with Crippen molar-refractivity contribution in [2.24, 2.45) is 0 Å². The zero-order chi connectivity index (χ0) is 12.8. The van der Waals surface area contributed by atoms with Crippen LogP contribution in [-0.2, 0) is 13.1 Å². The first-order chi connectivity index (χ1) is 8.85. The van der Waals surface area contributed by atoms with Gasteiger partial charge in [-0.15, -0.1) is 0 Å². The molecule has 1 aromatic heterocycles. The lowest BCUT2D eigenvalue weighted by atomic mass is 10.1. The van der Waals surface area contributed by atoms with E-state index < -0.39 is 0 Å². The van der Waals surface area contributed by atoms with Gasteiger partial charge in [-0.05, 0) is 42.1 Å². The third-order valence-electron chi connectivity index (χ3n) is 3.10. The Labute approximate surface area is 108 Å². The maximum atomic E-state index is 8.56. The lowest BCUT2D eigenvalue weighted by Crippen LogP contribution is -2.11. The van der Waals surface area contributed by atoms with E-state index in [4.69, 9.17) is 5.26 Å². The van der Waals surface area contributed by atoms with E-state index in [1.54, 1.807) is 0 Å². The van der Waals surface area contributed by atoms with Crippen LogP contribution in [-0.4, -0.2) is 11.1 Å². The molecule has 0 spiro atoms. The van der Waals surface area contributed by atoms with Gasteiger partial charge in [0, 0.05) is 31.2 Å². The first-order valence-electron chi connectivity index (χ1n) is 6.50. The van der Waals surface area contributed by atoms with E-state index >= 15 is 0 Å². The Hall–Kier alpha value is -1.79. The largest absolute Gasteiger partial charge is 0.347 e. The van der Waals surface area contributed by atoms with E-state index in [1.807, 2.05) is 0 Å². The average Bonchev–Trinajstić information content (AvgIpc) is 2.79. The minimum Gasteiger partial charge on any atom is -0.347 e. The second kappa shape index (κ2) is 6.23. The monoisotopic (exact) mass is 241 g/mol. The second-order valence-electron chi connectivity index (χ2n) is 4.44. The zero-order valence-corrected chi connectivity index (χ0v) is 10.8. The third kappa shape index (κ3) is 2.91. The van der Waals surface area contributed by atoms with Gasteiger partial charge in [-0.25, -0.2) is 0 Å². The number of hydrogen-bond acceptors (Lipinski definition) is 2. The van der Waals surface area contributed by atoms with Gasteiger partial charge in [0.25, 0.3) is 0 Å². The molecule has 0 fully saturated rings. The molecule has 0 unspecified atom stereocenters. The topological polar surface area (TPSA) is 40.8 Å².